The normalized spacial score (nSPS) is 22.1. The zero-order valence-corrected chi connectivity index (χ0v) is 49.4. The van der Waals surface area contributed by atoms with E-state index in [-0.39, 0.29) is 49.1 Å². The van der Waals surface area contributed by atoms with Gasteiger partial charge in [0.25, 0.3) is 0 Å². The number of hydrogen-bond acceptors (Lipinski definition) is 19. The summed E-state index contributed by atoms with van der Waals surface area (Å²) in [5.74, 6) is 1.75. The Balaban J connectivity index is 0.000000217. The van der Waals surface area contributed by atoms with Crippen LogP contribution in [0, 0.1) is 0 Å². The van der Waals surface area contributed by atoms with Crippen LogP contribution in [0.2, 0.25) is 0 Å². The Morgan fingerprint density at radius 2 is 1.06 bits per heavy atom. The maximum Gasteiger partial charge on any atom is 0.410 e. The van der Waals surface area contributed by atoms with Crippen molar-refractivity contribution in [1.82, 2.24) is 49.8 Å². The molecule has 0 saturated carbocycles. The van der Waals surface area contributed by atoms with Crippen molar-refractivity contribution in [2.45, 2.75) is 150 Å². The molecule has 3 amide bonds. The van der Waals surface area contributed by atoms with Crippen LogP contribution in [0.3, 0.4) is 0 Å². The molecule has 2 aromatic heterocycles. The predicted molar refractivity (Wildman–Crippen MR) is 303 cm³/mol. The van der Waals surface area contributed by atoms with Crippen LogP contribution in [0.1, 0.15) is 110 Å². The third-order valence-electron chi connectivity index (χ3n) is 14.9. The molecule has 4 saturated heterocycles. The van der Waals surface area contributed by atoms with E-state index in [4.69, 9.17) is 53.1 Å². The lowest BCUT2D eigenvalue weighted by Gasteiger charge is -2.45. The van der Waals surface area contributed by atoms with E-state index in [0.29, 0.717) is 70.9 Å². The number of aromatic nitrogens is 4. The van der Waals surface area contributed by atoms with Crippen LogP contribution in [0.4, 0.5) is 26.0 Å². The molecule has 0 radical (unpaired) electrons. The smallest absolute Gasteiger partial charge is 0.410 e. The van der Waals surface area contributed by atoms with Gasteiger partial charge < -0.3 is 53.2 Å². The monoisotopic (exact) mass is 1110 g/mol. The maximum atomic E-state index is 13.1. The van der Waals surface area contributed by atoms with Gasteiger partial charge >= 0.3 is 30.3 Å². The molecule has 1 aromatic carbocycles. The van der Waals surface area contributed by atoms with Crippen LogP contribution >= 0.6 is 0 Å². The molecule has 80 heavy (non-hydrogen) atoms. The molecule has 0 aliphatic carbocycles. The van der Waals surface area contributed by atoms with E-state index in [2.05, 4.69) is 38.8 Å². The van der Waals surface area contributed by atoms with Gasteiger partial charge in [-0.3, -0.25) is 19.6 Å². The quantitative estimate of drug-likeness (QED) is 0.142. The molecular formula is C58H90N12O10. The van der Waals surface area contributed by atoms with E-state index >= 15 is 0 Å². The molecule has 6 aliphatic rings. The molecule has 0 bridgehead atoms. The second-order valence-electron chi connectivity index (χ2n) is 23.9. The summed E-state index contributed by atoms with van der Waals surface area (Å²) in [7, 11) is 0. The summed E-state index contributed by atoms with van der Waals surface area (Å²) in [6.07, 6.45) is 2.32. The highest BCUT2D eigenvalue weighted by atomic mass is 16.6. The molecule has 4 fully saturated rings. The fraction of sp³-hybridized carbons (Fsp3) is 0.707. The Kier molecular flexibility index (Phi) is 20.9. The Bertz CT molecular complexity index is 2480. The molecule has 22 nitrogen and oxygen atoms in total. The Labute approximate surface area is 474 Å². The van der Waals surface area contributed by atoms with Gasteiger partial charge in [0.2, 0.25) is 0 Å². The minimum Gasteiger partial charge on any atom is -0.463 e. The number of nitrogens with zero attached hydrogens (tertiary/aromatic N) is 11. The van der Waals surface area contributed by atoms with E-state index in [1.807, 2.05) is 95.5 Å². The number of rotatable bonds is 14. The number of nitrogens with one attached hydrogen (secondary N) is 1. The van der Waals surface area contributed by atoms with Gasteiger partial charge in [0, 0.05) is 89.7 Å². The van der Waals surface area contributed by atoms with Crippen molar-refractivity contribution >= 4 is 29.9 Å². The first-order chi connectivity index (χ1) is 38.3. The number of carbonyl (C=O) groups is 3. The van der Waals surface area contributed by atoms with Gasteiger partial charge in [0.15, 0.2) is 0 Å². The third-order valence-corrected chi connectivity index (χ3v) is 14.9. The van der Waals surface area contributed by atoms with Crippen LogP contribution in [-0.4, -0.2) is 216 Å². The van der Waals surface area contributed by atoms with Gasteiger partial charge in [-0.15, -0.1) is 0 Å². The van der Waals surface area contributed by atoms with Crippen molar-refractivity contribution in [3.63, 3.8) is 0 Å². The lowest BCUT2D eigenvalue weighted by molar-refractivity contribution is 0.00441. The minimum atomic E-state index is -0.568. The van der Waals surface area contributed by atoms with E-state index in [0.717, 1.165) is 132 Å². The van der Waals surface area contributed by atoms with Gasteiger partial charge in [-0.2, -0.15) is 19.9 Å². The highest BCUT2D eigenvalue weighted by molar-refractivity contribution is 5.71. The number of morpholine rings is 2. The van der Waals surface area contributed by atoms with Crippen molar-refractivity contribution in [3.05, 3.63) is 58.4 Å². The number of fused-ring (bicyclic) bond motifs is 2. The summed E-state index contributed by atoms with van der Waals surface area (Å²) in [4.78, 5) is 73.0. The molecule has 442 valence electrons. The summed E-state index contributed by atoms with van der Waals surface area (Å²) < 4.78 is 40.1. The van der Waals surface area contributed by atoms with Gasteiger partial charge in [-0.05, 0) is 107 Å². The van der Waals surface area contributed by atoms with E-state index in [1.165, 1.54) is 5.56 Å². The molecule has 4 atom stereocenters. The first kappa shape index (κ1) is 60.3. The number of hydrogen-bond donors (Lipinski definition) is 1. The Hall–Kier alpha value is -5.81. The SMILES string of the molecule is C[C@@H]1CN(c2nc(OCCCN3CCOCC3)nc3c2CCN(C(=O)OCc2ccccc2)C3)C[C@H](C)N1C(=O)OC(C)(C)C.C[C@@H]1CN(c2nc(OCCCN3CCOCC3)nc3c2CCNC3)C[C@H](C)N1C(=O)OC(C)(C)C. The lowest BCUT2D eigenvalue weighted by atomic mass is 10.0. The zero-order chi connectivity index (χ0) is 57.0. The van der Waals surface area contributed by atoms with Crippen molar-refractivity contribution in [3.8, 4) is 12.0 Å². The van der Waals surface area contributed by atoms with Crippen LogP contribution in [-0.2, 0) is 56.2 Å². The fourth-order valence-electron chi connectivity index (χ4n) is 11.2. The van der Waals surface area contributed by atoms with E-state index in [1.54, 1.807) is 4.90 Å². The van der Waals surface area contributed by atoms with Crippen molar-refractivity contribution in [2.24, 2.45) is 0 Å². The summed E-state index contributed by atoms with van der Waals surface area (Å²) in [6, 6.07) is 10.2. The van der Waals surface area contributed by atoms with Gasteiger partial charge in [0.05, 0.1) is 81.7 Å². The third kappa shape index (κ3) is 16.9. The first-order valence-electron chi connectivity index (χ1n) is 29.1. The zero-order valence-electron chi connectivity index (χ0n) is 49.4. The minimum absolute atomic E-state index is 0.00109. The summed E-state index contributed by atoms with van der Waals surface area (Å²) in [5, 5.41) is 3.42. The largest absolute Gasteiger partial charge is 0.463 e. The molecule has 1 N–H and O–H groups in total. The lowest BCUT2D eigenvalue weighted by Crippen LogP contribution is -2.60. The summed E-state index contributed by atoms with van der Waals surface area (Å²) >= 11 is 0. The van der Waals surface area contributed by atoms with Crippen LogP contribution in [0.5, 0.6) is 12.0 Å². The number of anilines is 2. The Morgan fingerprint density at radius 3 is 1.54 bits per heavy atom. The number of ether oxygens (including phenoxy) is 7. The fourth-order valence-corrected chi connectivity index (χ4v) is 11.2. The highest BCUT2D eigenvalue weighted by Crippen LogP contribution is 2.33. The average molecular weight is 1120 g/mol. The van der Waals surface area contributed by atoms with E-state index < -0.39 is 11.2 Å². The molecular weight excluding hydrogens is 1020 g/mol. The molecule has 22 heteroatoms. The molecule has 8 heterocycles. The number of benzene rings is 1. The standard InChI is InChI=1S/C33H48N6O6.C25H42N6O4/c1-24-20-38(21-25(2)39(24)32(41)45-33(3,4)5)29-27-12-14-37(31(40)44-23-26-10-7-6-8-11-26)22-28(27)34-30(35-29)43-17-9-13-36-15-18-42-19-16-36;1-18-16-30(17-19(2)31(18)24(32)35-25(3,4)5)22-20-7-8-26-15-21(20)27-23(28-22)34-12-6-9-29-10-13-33-14-11-29/h6-8,10-11,24-25H,9,12-23H2,1-5H3;18-19,26H,6-17H2,1-5H3/t24-,25+;18-,19+. The van der Waals surface area contributed by atoms with Crippen LogP contribution in [0.15, 0.2) is 30.3 Å². The highest BCUT2D eigenvalue weighted by Gasteiger charge is 2.40. The van der Waals surface area contributed by atoms with Crippen molar-refractivity contribution in [2.75, 3.05) is 128 Å². The number of piperazine rings is 2. The van der Waals surface area contributed by atoms with Crippen LogP contribution < -0.4 is 24.6 Å². The first-order valence-corrected chi connectivity index (χ1v) is 29.1. The van der Waals surface area contributed by atoms with Crippen molar-refractivity contribution in [1.29, 1.82) is 0 Å². The predicted octanol–water partition coefficient (Wildman–Crippen LogP) is 6.16. The summed E-state index contributed by atoms with van der Waals surface area (Å²) in [5.41, 5.74) is 3.83. The second kappa shape index (κ2) is 27.8. The molecule has 3 aromatic rings. The molecule has 0 unspecified atom stereocenters. The second-order valence-corrected chi connectivity index (χ2v) is 23.9. The molecule has 9 rings (SSSR count). The topological polar surface area (TPSA) is 202 Å². The van der Waals surface area contributed by atoms with Gasteiger partial charge in [-0.1, -0.05) is 30.3 Å². The number of carbonyl (C=O) groups excluding carboxylic acids is 3. The number of amides is 3. The van der Waals surface area contributed by atoms with Gasteiger partial charge in [0.1, 0.15) is 29.4 Å². The Morgan fingerprint density at radius 1 is 0.600 bits per heavy atom. The van der Waals surface area contributed by atoms with E-state index in [9.17, 15) is 14.4 Å². The van der Waals surface area contributed by atoms with Crippen LogP contribution in [0.25, 0.3) is 0 Å². The average Bonchev–Trinajstić information content (AvgIpc) is 3.46. The molecule has 6 aliphatic heterocycles. The molecule has 0 spiro atoms. The maximum absolute atomic E-state index is 13.1. The van der Waals surface area contributed by atoms with Gasteiger partial charge in [-0.25, -0.2) is 14.4 Å². The van der Waals surface area contributed by atoms with Crippen molar-refractivity contribution < 1.29 is 47.5 Å². The summed E-state index contributed by atoms with van der Waals surface area (Å²) in [6.45, 7) is 34.7.